The van der Waals surface area contributed by atoms with Crippen molar-refractivity contribution < 1.29 is 28.9 Å². The first kappa shape index (κ1) is 24.3. The Morgan fingerprint density at radius 3 is 2.17 bits per heavy atom. The van der Waals surface area contributed by atoms with Gasteiger partial charge in [-0.2, -0.15) is 0 Å². The summed E-state index contributed by atoms with van der Waals surface area (Å²) in [7, 11) is 3.20. The van der Waals surface area contributed by atoms with Crippen molar-refractivity contribution in [1.29, 1.82) is 0 Å². The van der Waals surface area contributed by atoms with Gasteiger partial charge in [0.05, 0.1) is 19.8 Å². The number of carboxylic acid groups (broad SMARTS) is 1. The maximum Gasteiger partial charge on any atom is 0.326 e. The molecular formula is C28H29NO6. The molecule has 0 spiro atoms. The Kier molecular flexibility index (Phi) is 7.36. The second-order valence-electron chi connectivity index (χ2n) is 8.45. The summed E-state index contributed by atoms with van der Waals surface area (Å²) in [5.41, 5.74) is 2.03. The third kappa shape index (κ3) is 5.00. The largest absolute Gasteiger partial charge is 0.496 e. The highest BCUT2D eigenvalue weighted by atomic mass is 16.5. The van der Waals surface area contributed by atoms with Crippen molar-refractivity contribution in [3.63, 3.8) is 0 Å². The van der Waals surface area contributed by atoms with E-state index in [1.54, 1.807) is 14.2 Å². The lowest BCUT2D eigenvalue weighted by Crippen LogP contribution is -2.51. The van der Waals surface area contributed by atoms with Gasteiger partial charge >= 0.3 is 5.97 Å². The summed E-state index contributed by atoms with van der Waals surface area (Å²) in [6.07, 6.45) is 1.37. The van der Waals surface area contributed by atoms with Crippen LogP contribution in [0.3, 0.4) is 0 Å². The molecule has 0 aliphatic carbocycles. The van der Waals surface area contributed by atoms with Gasteiger partial charge in [0.2, 0.25) is 0 Å². The molecule has 0 bridgehead atoms. The molecule has 0 aromatic heterocycles. The minimum atomic E-state index is -1.17. The quantitative estimate of drug-likeness (QED) is 0.482. The molecule has 0 radical (unpaired) electrons. The molecule has 7 heteroatoms. The third-order valence-electron chi connectivity index (χ3n) is 6.34. The first-order chi connectivity index (χ1) is 17.0. The van der Waals surface area contributed by atoms with Gasteiger partial charge in [0.15, 0.2) is 5.60 Å². The van der Waals surface area contributed by atoms with Gasteiger partial charge in [-0.1, -0.05) is 60.7 Å². The van der Waals surface area contributed by atoms with Crippen molar-refractivity contribution in [2.24, 2.45) is 0 Å². The number of carbonyl (C=O) groups excluding carboxylic acids is 1. The Balaban J connectivity index is 1.54. The van der Waals surface area contributed by atoms with Gasteiger partial charge in [-0.25, -0.2) is 4.79 Å². The number of hydrogen-bond acceptors (Lipinski definition) is 5. The van der Waals surface area contributed by atoms with Crippen LogP contribution in [0.15, 0.2) is 72.8 Å². The van der Waals surface area contributed by atoms with Crippen LogP contribution < -0.4 is 14.8 Å². The predicted octanol–water partition coefficient (Wildman–Crippen LogP) is 4.19. The van der Waals surface area contributed by atoms with Crippen LogP contribution in [0.25, 0.3) is 11.1 Å². The van der Waals surface area contributed by atoms with Gasteiger partial charge in [-0.3, -0.25) is 4.79 Å². The summed E-state index contributed by atoms with van der Waals surface area (Å²) < 4.78 is 16.9. The summed E-state index contributed by atoms with van der Waals surface area (Å²) in [4.78, 5) is 25.4. The molecule has 1 aliphatic heterocycles. The van der Waals surface area contributed by atoms with E-state index in [9.17, 15) is 14.7 Å². The lowest BCUT2D eigenvalue weighted by atomic mass is 9.89. The number of amides is 1. The maximum absolute atomic E-state index is 13.3. The van der Waals surface area contributed by atoms with E-state index in [1.807, 2.05) is 72.8 Å². The molecule has 1 aliphatic rings. The number of rotatable bonds is 9. The van der Waals surface area contributed by atoms with Crippen molar-refractivity contribution in [3.05, 3.63) is 83.9 Å². The van der Waals surface area contributed by atoms with Crippen molar-refractivity contribution in [1.82, 2.24) is 5.32 Å². The predicted molar refractivity (Wildman–Crippen MR) is 132 cm³/mol. The fourth-order valence-corrected chi connectivity index (χ4v) is 4.54. The SMILES string of the molecule is COc1cccc(OC)c1-c1ccc(C[C@@H](NC(=O)[C@@]2(c3ccccc3)CCCO2)C(=O)O)cc1. The molecule has 1 heterocycles. The number of nitrogens with one attached hydrogen (secondary N) is 1. The standard InChI is InChI=1S/C28H29NO6/c1-33-23-10-6-11-24(34-2)25(23)20-14-12-19(13-15-20)18-22(26(30)31)29-27(32)28(16-7-17-35-28)21-8-4-3-5-9-21/h3-6,8-15,22H,7,16-18H2,1-2H3,(H,29,32)(H,30,31)/t22-,28+/m1/s1. The highest BCUT2D eigenvalue weighted by Crippen LogP contribution is 2.39. The molecule has 2 N–H and O–H groups in total. The molecular weight excluding hydrogens is 446 g/mol. The van der Waals surface area contributed by atoms with Gasteiger partial charge in [0.1, 0.15) is 17.5 Å². The molecule has 3 aromatic carbocycles. The summed E-state index contributed by atoms with van der Waals surface area (Å²) in [5.74, 6) is -0.176. The van der Waals surface area contributed by atoms with Crippen LogP contribution in [-0.4, -0.2) is 43.9 Å². The number of hydrogen-bond donors (Lipinski definition) is 2. The molecule has 0 unspecified atom stereocenters. The van der Waals surface area contributed by atoms with E-state index in [2.05, 4.69) is 5.32 Å². The number of ether oxygens (including phenoxy) is 3. The summed E-state index contributed by atoms with van der Waals surface area (Å²) >= 11 is 0. The average molecular weight is 476 g/mol. The van der Waals surface area contributed by atoms with E-state index < -0.39 is 23.5 Å². The number of benzene rings is 3. The Morgan fingerprint density at radius 1 is 0.971 bits per heavy atom. The molecule has 0 saturated carbocycles. The van der Waals surface area contributed by atoms with E-state index >= 15 is 0 Å². The number of carbonyl (C=O) groups is 2. The van der Waals surface area contributed by atoms with Crippen LogP contribution in [0.1, 0.15) is 24.0 Å². The molecule has 2 atom stereocenters. The molecule has 182 valence electrons. The Labute approximate surface area is 204 Å². The molecule has 7 nitrogen and oxygen atoms in total. The van der Waals surface area contributed by atoms with Crippen LogP contribution >= 0.6 is 0 Å². The van der Waals surface area contributed by atoms with Crippen LogP contribution in [0.5, 0.6) is 11.5 Å². The van der Waals surface area contributed by atoms with Crippen molar-refractivity contribution in [2.45, 2.75) is 30.9 Å². The first-order valence-corrected chi connectivity index (χ1v) is 11.5. The molecule has 1 saturated heterocycles. The number of methoxy groups -OCH3 is 2. The summed E-state index contributed by atoms with van der Waals surface area (Å²) in [6, 6.07) is 21.2. The topological polar surface area (TPSA) is 94.1 Å². The third-order valence-corrected chi connectivity index (χ3v) is 6.34. The maximum atomic E-state index is 13.3. The first-order valence-electron chi connectivity index (χ1n) is 11.5. The zero-order valence-electron chi connectivity index (χ0n) is 19.8. The average Bonchev–Trinajstić information content (AvgIpc) is 3.40. The highest BCUT2D eigenvalue weighted by molar-refractivity contribution is 5.90. The smallest absolute Gasteiger partial charge is 0.326 e. The van der Waals surface area contributed by atoms with E-state index in [0.717, 1.165) is 28.7 Å². The second-order valence-corrected chi connectivity index (χ2v) is 8.45. The fraction of sp³-hybridized carbons (Fsp3) is 0.286. The zero-order valence-corrected chi connectivity index (χ0v) is 19.8. The summed E-state index contributed by atoms with van der Waals surface area (Å²) in [6.45, 7) is 0.452. The normalized spacial score (nSPS) is 18.0. The molecule has 4 rings (SSSR count). The Bertz CT molecular complexity index is 1150. The van der Waals surface area contributed by atoms with Crippen LogP contribution in [-0.2, 0) is 26.3 Å². The lowest BCUT2D eigenvalue weighted by Gasteiger charge is -2.29. The summed E-state index contributed by atoms with van der Waals surface area (Å²) in [5, 5.41) is 12.6. The zero-order chi connectivity index (χ0) is 24.8. The van der Waals surface area contributed by atoms with Crippen LogP contribution in [0.4, 0.5) is 0 Å². The van der Waals surface area contributed by atoms with Crippen molar-refractivity contribution >= 4 is 11.9 Å². The van der Waals surface area contributed by atoms with Gasteiger partial charge in [0, 0.05) is 13.0 Å². The van der Waals surface area contributed by atoms with Gasteiger partial charge in [-0.15, -0.1) is 0 Å². The van der Waals surface area contributed by atoms with Crippen molar-refractivity contribution in [2.75, 3.05) is 20.8 Å². The van der Waals surface area contributed by atoms with Crippen molar-refractivity contribution in [3.8, 4) is 22.6 Å². The Hall–Kier alpha value is -3.84. The van der Waals surface area contributed by atoms with Crippen LogP contribution in [0, 0.1) is 0 Å². The fourth-order valence-electron chi connectivity index (χ4n) is 4.54. The Morgan fingerprint density at radius 2 is 1.63 bits per heavy atom. The van der Waals surface area contributed by atoms with E-state index in [0.29, 0.717) is 24.5 Å². The van der Waals surface area contributed by atoms with E-state index in [1.165, 1.54) is 0 Å². The second kappa shape index (κ2) is 10.6. The minimum Gasteiger partial charge on any atom is -0.496 e. The molecule has 1 fully saturated rings. The van der Waals surface area contributed by atoms with E-state index in [4.69, 9.17) is 14.2 Å². The monoisotopic (exact) mass is 475 g/mol. The molecule has 35 heavy (non-hydrogen) atoms. The lowest BCUT2D eigenvalue weighted by molar-refractivity contribution is -0.149. The molecule has 1 amide bonds. The van der Waals surface area contributed by atoms with Gasteiger partial charge in [0.25, 0.3) is 5.91 Å². The molecule has 3 aromatic rings. The van der Waals surface area contributed by atoms with E-state index in [-0.39, 0.29) is 6.42 Å². The highest BCUT2D eigenvalue weighted by Gasteiger charge is 2.45. The number of aliphatic carboxylic acids is 1. The number of carboxylic acids is 1. The van der Waals surface area contributed by atoms with Crippen LogP contribution in [0.2, 0.25) is 0 Å². The van der Waals surface area contributed by atoms with Gasteiger partial charge < -0.3 is 24.6 Å². The minimum absolute atomic E-state index is 0.134. The van der Waals surface area contributed by atoms with Gasteiger partial charge in [-0.05, 0) is 41.7 Å².